The van der Waals surface area contributed by atoms with Crippen molar-refractivity contribution in [1.29, 1.82) is 5.26 Å². The summed E-state index contributed by atoms with van der Waals surface area (Å²) in [5.74, 6) is 0. The van der Waals surface area contributed by atoms with Crippen molar-refractivity contribution < 1.29 is 0 Å². The predicted molar refractivity (Wildman–Crippen MR) is 45.7 cm³/mol. The molecular formula is C7H6BrN3. The third kappa shape index (κ3) is 1.92. The van der Waals surface area contributed by atoms with Crippen molar-refractivity contribution in [3.8, 4) is 6.07 Å². The Kier molecular flexibility index (Phi) is 2.44. The average Bonchev–Trinajstić information content (AvgIpc) is 1.98. The zero-order valence-corrected chi connectivity index (χ0v) is 7.30. The molecule has 1 aromatic heterocycles. The Balaban J connectivity index is 3.05. The highest BCUT2D eigenvalue weighted by molar-refractivity contribution is 9.10. The van der Waals surface area contributed by atoms with Gasteiger partial charge in [-0.3, -0.25) is 0 Å². The van der Waals surface area contributed by atoms with Crippen molar-refractivity contribution in [3.63, 3.8) is 0 Å². The van der Waals surface area contributed by atoms with Gasteiger partial charge < -0.3 is 5.73 Å². The normalized spacial score (nSPS) is 9.09. The largest absolute Gasteiger partial charge is 0.397 e. The fraction of sp³-hybridized carbons (Fsp3) is 0.143. The Bertz CT molecular complexity index is 303. The Morgan fingerprint density at radius 1 is 1.73 bits per heavy atom. The van der Waals surface area contributed by atoms with E-state index in [0.29, 0.717) is 16.7 Å². The molecule has 0 fully saturated rings. The number of nitrogens with zero attached hydrogens (tertiary/aromatic N) is 2. The van der Waals surface area contributed by atoms with E-state index in [1.54, 1.807) is 12.3 Å². The number of nitrogens with two attached hydrogens (primary N) is 1. The minimum absolute atomic E-state index is 0.332. The van der Waals surface area contributed by atoms with E-state index >= 15 is 0 Å². The first-order chi connectivity index (χ1) is 5.24. The lowest BCUT2D eigenvalue weighted by Crippen LogP contribution is -1.92. The highest BCUT2D eigenvalue weighted by atomic mass is 79.9. The van der Waals surface area contributed by atoms with Crippen LogP contribution in [0.5, 0.6) is 0 Å². The molecule has 0 aromatic carbocycles. The Labute approximate surface area is 73.0 Å². The van der Waals surface area contributed by atoms with Gasteiger partial charge >= 0.3 is 0 Å². The molecule has 0 saturated heterocycles. The van der Waals surface area contributed by atoms with Crippen molar-refractivity contribution >= 4 is 21.6 Å². The minimum atomic E-state index is 0.332. The quantitative estimate of drug-likeness (QED) is 0.717. The number of aromatic nitrogens is 1. The van der Waals surface area contributed by atoms with Gasteiger partial charge in [-0.15, -0.1) is 0 Å². The molecule has 2 N–H and O–H groups in total. The summed E-state index contributed by atoms with van der Waals surface area (Å²) < 4.78 is 0.688. The van der Waals surface area contributed by atoms with E-state index in [4.69, 9.17) is 11.0 Å². The maximum atomic E-state index is 8.40. The summed E-state index contributed by atoms with van der Waals surface area (Å²) in [6, 6.07) is 3.76. The maximum Gasteiger partial charge on any atom is 0.110 e. The molecule has 1 rings (SSSR count). The second-order valence-corrected chi connectivity index (χ2v) is 2.80. The van der Waals surface area contributed by atoms with Crippen molar-refractivity contribution in [2.45, 2.75) is 6.42 Å². The minimum Gasteiger partial charge on any atom is -0.397 e. The molecule has 1 aromatic rings. The molecule has 0 amide bonds. The Morgan fingerprint density at radius 3 is 3.09 bits per heavy atom. The van der Waals surface area contributed by atoms with E-state index in [1.165, 1.54) is 0 Å². The van der Waals surface area contributed by atoms with Gasteiger partial charge in [-0.2, -0.15) is 5.26 Å². The summed E-state index contributed by atoms with van der Waals surface area (Å²) in [7, 11) is 0. The zero-order chi connectivity index (χ0) is 8.27. The third-order valence-electron chi connectivity index (χ3n) is 1.20. The van der Waals surface area contributed by atoms with Gasteiger partial charge in [-0.25, -0.2) is 4.98 Å². The summed E-state index contributed by atoms with van der Waals surface area (Å²) in [5.41, 5.74) is 6.87. The Morgan fingerprint density at radius 2 is 2.45 bits per heavy atom. The molecule has 0 saturated carbocycles. The molecule has 0 atom stereocenters. The fourth-order valence-corrected chi connectivity index (χ4v) is 1.08. The van der Waals surface area contributed by atoms with E-state index in [-0.39, 0.29) is 0 Å². The second kappa shape index (κ2) is 3.35. The van der Waals surface area contributed by atoms with Gasteiger partial charge in [0.15, 0.2) is 0 Å². The van der Waals surface area contributed by atoms with Crippen molar-refractivity contribution in [2.75, 3.05) is 5.73 Å². The molecule has 0 radical (unpaired) electrons. The first kappa shape index (κ1) is 8.02. The smallest absolute Gasteiger partial charge is 0.110 e. The molecule has 0 unspecified atom stereocenters. The van der Waals surface area contributed by atoms with Crippen LogP contribution in [-0.2, 0) is 6.42 Å². The van der Waals surface area contributed by atoms with E-state index in [9.17, 15) is 0 Å². The van der Waals surface area contributed by atoms with E-state index in [2.05, 4.69) is 20.9 Å². The molecule has 0 bridgehead atoms. The lowest BCUT2D eigenvalue weighted by atomic mass is 10.2. The summed E-state index contributed by atoms with van der Waals surface area (Å²) in [5, 5.41) is 8.40. The van der Waals surface area contributed by atoms with Gasteiger partial charge in [0.25, 0.3) is 0 Å². The molecule has 11 heavy (non-hydrogen) atoms. The van der Waals surface area contributed by atoms with Crippen LogP contribution in [0.4, 0.5) is 5.69 Å². The van der Waals surface area contributed by atoms with Crippen LogP contribution in [-0.4, -0.2) is 4.98 Å². The molecule has 0 aliphatic rings. The number of pyridine rings is 1. The van der Waals surface area contributed by atoms with Crippen LogP contribution in [0, 0.1) is 11.3 Å². The molecule has 1 heterocycles. The number of anilines is 1. The first-order valence-electron chi connectivity index (χ1n) is 3.01. The monoisotopic (exact) mass is 211 g/mol. The van der Waals surface area contributed by atoms with Gasteiger partial charge in [0.05, 0.1) is 24.4 Å². The SMILES string of the molecule is N#CCc1cc(N)cnc1Br. The van der Waals surface area contributed by atoms with Crippen LogP contribution >= 0.6 is 15.9 Å². The summed E-state index contributed by atoms with van der Waals surface area (Å²) >= 11 is 3.21. The van der Waals surface area contributed by atoms with E-state index < -0.39 is 0 Å². The highest BCUT2D eigenvalue weighted by Crippen LogP contribution is 2.16. The van der Waals surface area contributed by atoms with Gasteiger partial charge in [0.2, 0.25) is 0 Å². The molecule has 0 spiro atoms. The van der Waals surface area contributed by atoms with Crippen LogP contribution in [0.25, 0.3) is 0 Å². The maximum absolute atomic E-state index is 8.40. The molecular weight excluding hydrogens is 206 g/mol. The second-order valence-electron chi connectivity index (χ2n) is 2.05. The average molecular weight is 212 g/mol. The van der Waals surface area contributed by atoms with Gasteiger partial charge in [-0.05, 0) is 22.0 Å². The number of halogens is 1. The molecule has 0 aliphatic carbocycles. The molecule has 3 nitrogen and oxygen atoms in total. The van der Waals surface area contributed by atoms with Crippen molar-refractivity contribution in [2.24, 2.45) is 0 Å². The number of hydrogen-bond donors (Lipinski definition) is 1. The lowest BCUT2D eigenvalue weighted by Gasteiger charge is -1.98. The summed E-state index contributed by atoms with van der Waals surface area (Å²) in [4.78, 5) is 3.94. The standard InChI is InChI=1S/C7H6BrN3/c8-7-5(1-2-9)3-6(10)4-11-7/h3-4H,1,10H2. The topological polar surface area (TPSA) is 62.7 Å². The van der Waals surface area contributed by atoms with Crippen LogP contribution in [0.2, 0.25) is 0 Å². The summed E-state index contributed by atoms with van der Waals surface area (Å²) in [6.45, 7) is 0. The van der Waals surface area contributed by atoms with Crippen LogP contribution in [0.15, 0.2) is 16.9 Å². The summed E-state index contributed by atoms with van der Waals surface area (Å²) in [6.07, 6.45) is 1.88. The zero-order valence-electron chi connectivity index (χ0n) is 5.71. The van der Waals surface area contributed by atoms with Gasteiger partial charge in [0.1, 0.15) is 4.60 Å². The van der Waals surface area contributed by atoms with Crippen LogP contribution in [0.3, 0.4) is 0 Å². The van der Waals surface area contributed by atoms with E-state index in [0.717, 1.165) is 5.56 Å². The van der Waals surface area contributed by atoms with Gasteiger partial charge in [-0.1, -0.05) is 0 Å². The van der Waals surface area contributed by atoms with Crippen molar-refractivity contribution in [3.05, 3.63) is 22.4 Å². The van der Waals surface area contributed by atoms with Crippen LogP contribution < -0.4 is 5.73 Å². The fourth-order valence-electron chi connectivity index (χ4n) is 0.721. The number of hydrogen-bond acceptors (Lipinski definition) is 3. The Hall–Kier alpha value is -1.08. The molecule has 0 aliphatic heterocycles. The van der Waals surface area contributed by atoms with Crippen LogP contribution in [0.1, 0.15) is 5.56 Å². The molecule has 56 valence electrons. The number of nitrogen functional groups attached to an aromatic ring is 1. The lowest BCUT2D eigenvalue weighted by molar-refractivity contribution is 1.16. The third-order valence-corrected chi connectivity index (χ3v) is 1.92. The van der Waals surface area contributed by atoms with Gasteiger partial charge in [0, 0.05) is 5.56 Å². The molecule has 4 heteroatoms. The van der Waals surface area contributed by atoms with E-state index in [1.807, 2.05) is 6.07 Å². The number of nitriles is 1. The first-order valence-corrected chi connectivity index (χ1v) is 3.80. The van der Waals surface area contributed by atoms with Crippen molar-refractivity contribution in [1.82, 2.24) is 4.98 Å². The number of rotatable bonds is 1. The highest BCUT2D eigenvalue weighted by Gasteiger charge is 1.99. The predicted octanol–water partition coefficient (Wildman–Crippen LogP) is 1.49.